The van der Waals surface area contributed by atoms with Crippen molar-refractivity contribution in [2.45, 2.75) is 45.1 Å². The van der Waals surface area contributed by atoms with Crippen molar-refractivity contribution in [1.29, 1.82) is 0 Å². The number of phenolic OH excluding ortho intramolecular Hbond substituents is 1. The summed E-state index contributed by atoms with van der Waals surface area (Å²) in [5, 5.41) is 19.4. The van der Waals surface area contributed by atoms with E-state index in [1.54, 1.807) is 12.1 Å². The standard InChI is InChI=1S/C17H22O2/c1-17-9-8-13(11-14(17)4-7-16(17)19)10-12-2-5-15(18)6-3-12/h2-3,5-6,8,14,16,18-19H,4,7,9-11H2,1H3/t14-,16-,17-/m0/s1. The van der Waals surface area contributed by atoms with E-state index < -0.39 is 0 Å². The van der Waals surface area contributed by atoms with Crippen LogP contribution in [0.15, 0.2) is 35.9 Å². The lowest BCUT2D eigenvalue weighted by molar-refractivity contribution is 0.0372. The van der Waals surface area contributed by atoms with Gasteiger partial charge in [-0.25, -0.2) is 0 Å². The molecular weight excluding hydrogens is 236 g/mol. The van der Waals surface area contributed by atoms with Crippen LogP contribution in [0.4, 0.5) is 0 Å². The molecule has 0 spiro atoms. The Morgan fingerprint density at radius 2 is 1.95 bits per heavy atom. The van der Waals surface area contributed by atoms with Gasteiger partial charge in [0, 0.05) is 5.41 Å². The minimum atomic E-state index is -0.121. The molecule has 0 aromatic heterocycles. The van der Waals surface area contributed by atoms with Crippen LogP contribution in [-0.2, 0) is 6.42 Å². The largest absolute Gasteiger partial charge is 0.508 e. The molecule has 2 aliphatic rings. The summed E-state index contributed by atoms with van der Waals surface area (Å²) in [4.78, 5) is 0. The predicted octanol–water partition coefficient (Wildman–Crippen LogP) is 3.43. The lowest BCUT2D eigenvalue weighted by Crippen LogP contribution is -2.34. The van der Waals surface area contributed by atoms with E-state index in [1.807, 2.05) is 12.1 Å². The maximum Gasteiger partial charge on any atom is 0.115 e. The summed E-state index contributed by atoms with van der Waals surface area (Å²) in [6.07, 6.45) is 7.43. The molecule has 0 amide bonds. The zero-order valence-corrected chi connectivity index (χ0v) is 11.5. The smallest absolute Gasteiger partial charge is 0.115 e. The van der Waals surface area contributed by atoms with Gasteiger partial charge >= 0.3 is 0 Å². The molecule has 2 N–H and O–H groups in total. The van der Waals surface area contributed by atoms with Gasteiger partial charge in [-0.3, -0.25) is 0 Å². The highest BCUT2D eigenvalue weighted by Gasteiger charge is 2.46. The van der Waals surface area contributed by atoms with Gasteiger partial charge in [-0.1, -0.05) is 30.7 Å². The molecule has 0 heterocycles. The SMILES string of the molecule is C[C@]12CC=C(Cc3ccc(O)cc3)C[C@@H]1CC[C@@H]2O. The molecule has 2 heteroatoms. The first-order chi connectivity index (χ1) is 9.08. The Bertz CT molecular complexity index is 488. The summed E-state index contributed by atoms with van der Waals surface area (Å²) < 4.78 is 0. The van der Waals surface area contributed by atoms with Crippen LogP contribution in [0.5, 0.6) is 5.75 Å². The van der Waals surface area contributed by atoms with Crippen LogP contribution in [0, 0.1) is 11.3 Å². The molecule has 19 heavy (non-hydrogen) atoms. The molecule has 1 aromatic rings. The van der Waals surface area contributed by atoms with Gasteiger partial charge in [0.05, 0.1) is 6.10 Å². The number of aliphatic hydroxyl groups is 1. The number of aromatic hydroxyl groups is 1. The number of benzene rings is 1. The molecule has 0 bridgehead atoms. The average molecular weight is 258 g/mol. The highest BCUT2D eigenvalue weighted by Crippen LogP contribution is 2.51. The zero-order chi connectivity index (χ0) is 13.5. The minimum Gasteiger partial charge on any atom is -0.508 e. The lowest BCUT2D eigenvalue weighted by Gasteiger charge is -2.38. The Hall–Kier alpha value is -1.28. The summed E-state index contributed by atoms with van der Waals surface area (Å²) in [6, 6.07) is 7.49. The highest BCUT2D eigenvalue weighted by molar-refractivity contribution is 5.30. The number of rotatable bonds is 2. The molecule has 1 saturated carbocycles. The third-order valence-corrected chi connectivity index (χ3v) is 5.19. The van der Waals surface area contributed by atoms with E-state index in [9.17, 15) is 10.2 Å². The first-order valence-electron chi connectivity index (χ1n) is 7.22. The summed E-state index contributed by atoms with van der Waals surface area (Å²) in [7, 11) is 0. The Kier molecular flexibility index (Phi) is 3.14. The van der Waals surface area contributed by atoms with Crippen LogP contribution >= 0.6 is 0 Å². The fourth-order valence-corrected chi connectivity index (χ4v) is 3.71. The number of phenols is 1. The van der Waals surface area contributed by atoms with Crippen LogP contribution in [0.25, 0.3) is 0 Å². The van der Waals surface area contributed by atoms with Gasteiger partial charge in [0.2, 0.25) is 0 Å². The molecular formula is C17H22O2. The molecule has 0 radical (unpaired) electrons. The van der Waals surface area contributed by atoms with Crippen LogP contribution in [0.3, 0.4) is 0 Å². The Morgan fingerprint density at radius 1 is 1.21 bits per heavy atom. The van der Waals surface area contributed by atoms with Crippen molar-refractivity contribution in [1.82, 2.24) is 0 Å². The normalized spacial score (nSPS) is 33.9. The van der Waals surface area contributed by atoms with Crippen molar-refractivity contribution >= 4 is 0 Å². The van der Waals surface area contributed by atoms with Gasteiger partial charge in [-0.15, -0.1) is 0 Å². The van der Waals surface area contributed by atoms with E-state index in [0.29, 0.717) is 11.7 Å². The van der Waals surface area contributed by atoms with E-state index in [2.05, 4.69) is 13.0 Å². The number of hydrogen-bond acceptors (Lipinski definition) is 2. The van der Waals surface area contributed by atoms with Gasteiger partial charge in [-0.2, -0.15) is 0 Å². The van der Waals surface area contributed by atoms with Crippen molar-refractivity contribution < 1.29 is 10.2 Å². The lowest BCUT2D eigenvalue weighted by atomic mass is 9.68. The fourth-order valence-electron chi connectivity index (χ4n) is 3.71. The van der Waals surface area contributed by atoms with Gasteiger partial charge in [0.25, 0.3) is 0 Å². The first-order valence-corrected chi connectivity index (χ1v) is 7.22. The Morgan fingerprint density at radius 3 is 2.68 bits per heavy atom. The average Bonchev–Trinajstić information content (AvgIpc) is 2.69. The second kappa shape index (κ2) is 4.68. The fraction of sp³-hybridized carbons (Fsp3) is 0.529. The highest BCUT2D eigenvalue weighted by atomic mass is 16.3. The van der Waals surface area contributed by atoms with Crippen LogP contribution in [0.2, 0.25) is 0 Å². The maximum atomic E-state index is 10.1. The summed E-state index contributed by atoms with van der Waals surface area (Å²) in [5.41, 5.74) is 2.85. The first kappa shape index (κ1) is 12.7. The van der Waals surface area contributed by atoms with E-state index >= 15 is 0 Å². The molecule has 2 aliphatic carbocycles. The van der Waals surface area contributed by atoms with E-state index in [0.717, 1.165) is 32.1 Å². The van der Waals surface area contributed by atoms with Gasteiger partial charge in [-0.05, 0) is 55.7 Å². The Balaban J connectivity index is 1.72. The maximum absolute atomic E-state index is 10.1. The third-order valence-electron chi connectivity index (χ3n) is 5.19. The quantitative estimate of drug-likeness (QED) is 0.798. The number of allylic oxidation sites excluding steroid dienone is 2. The molecule has 0 saturated heterocycles. The van der Waals surface area contributed by atoms with Crippen molar-refractivity contribution in [3.63, 3.8) is 0 Å². The van der Waals surface area contributed by atoms with Gasteiger partial charge in [0.15, 0.2) is 0 Å². The molecule has 1 aromatic carbocycles. The molecule has 0 unspecified atom stereocenters. The molecule has 0 aliphatic heterocycles. The number of fused-ring (bicyclic) bond motifs is 1. The van der Waals surface area contributed by atoms with Crippen molar-refractivity contribution in [2.24, 2.45) is 11.3 Å². The number of aliphatic hydroxyl groups excluding tert-OH is 1. The van der Waals surface area contributed by atoms with Gasteiger partial charge < -0.3 is 10.2 Å². The second-order valence-corrected chi connectivity index (χ2v) is 6.41. The summed E-state index contributed by atoms with van der Waals surface area (Å²) >= 11 is 0. The molecule has 102 valence electrons. The minimum absolute atomic E-state index is 0.110. The van der Waals surface area contributed by atoms with E-state index in [4.69, 9.17) is 0 Å². The molecule has 3 rings (SSSR count). The van der Waals surface area contributed by atoms with Crippen molar-refractivity contribution in [2.75, 3.05) is 0 Å². The monoisotopic (exact) mass is 258 g/mol. The van der Waals surface area contributed by atoms with Gasteiger partial charge in [0.1, 0.15) is 5.75 Å². The molecule has 1 fully saturated rings. The molecule has 3 atom stereocenters. The summed E-state index contributed by atoms with van der Waals surface area (Å²) in [5.74, 6) is 0.965. The Labute approximate surface area is 114 Å². The summed E-state index contributed by atoms with van der Waals surface area (Å²) in [6.45, 7) is 2.24. The van der Waals surface area contributed by atoms with E-state index in [-0.39, 0.29) is 11.5 Å². The zero-order valence-electron chi connectivity index (χ0n) is 11.5. The van der Waals surface area contributed by atoms with Crippen molar-refractivity contribution in [3.8, 4) is 5.75 Å². The second-order valence-electron chi connectivity index (χ2n) is 6.41. The predicted molar refractivity (Wildman–Crippen MR) is 76.0 cm³/mol. The van der Waals surface area contributed by atoms with Crippen LogP contribution in [0.1, 0.15) is 38.2 Å². The van der Waals surface area contributed by atoms with Crippen molar-refractivity contribution in [3.05, 3.63) is 41.5 Å². The van der Waals surface area contributed by atoms with Crippen LogP contribution in [-0.4, -0.2) is 16.3 Å². The van der Waals surface area contributed by atoms with Crippen LogP contribution < -0.4 is 0 Å². The third kappa shape index (κ3) is 2.30. The number of hydrogen-bond donors (Lipinski definition) is 2. The topological polar surface area (TPSA) is 40.5 Å². The molecule has 2 nitrogen and oxygen atoms in total. The van der Waals surface area contributed by atoms with E-state index in [1.165, 1.54) is 11.1 Å².